The zero-order chi connectivity index (χ0) is 21.5. The molecule has 0 spiro atoms. The summed E-state index contributed by atoms with van der Waals surface area (Å²) < 4.78 is 35.2. The highest BCUT2D eigenvalue weighted by Gasteiger charge is 2.36. The molecule has 0 saturated carbocycles. The number of hydrogen-bond donors (Lipinski definition) is 0. The molecule has 3 heterocycles. The van der Waals surface area contributed by atoms with E-state index in [9.17, 15) is 8.42 Å². The molecule has 1 saturated heterocycles. The molecule has 2 aromatic heterocycles. The Morgan fingerprint density at radius 2 is 2.10 bits per heavy atom. The number of sulfonamides is 1. The summed E-state index contributed by atoms with van der Waals surface area (Å²) >= 11 is 6.15. The average Bonchev–Trinajstić information content (AvgIpc) is 3.33. The number of ether oxygens (including phenoxy) is 1. The average molecular weight is 449 g/mol. The van der Waals surface area contributed by atoms with E-state index < -0.39 is 10.0 Å². The van der Waals surface area contributed by atoms with E-state index in [2.05, 4.69) is 23.4 Å². The molecule has 0 unspecified atom stereocenters. The third-order valence-corrected chi connectivity index (χ3v) is 7.56. The SMILES string of the molecule is COc1ccc(S(=O)(=O)N2CC[C@H](c3nc4ccncc4n3CC(C)C)C2)cc1Cl. The van der Waals surface area contributed by atoms with Crippen LogP contribution in [0.15, 0.2) is 41.6 Å². The number of methoxy groups -OCH3 is 1. The zero-order valence-corrected chi connectivity index (χ0v) is 18.8. The van der Waals surface area contributed by atoms with Crippen molar-refractivity contribution in [2.24, 2.45) is 5.92 Å². The van der Waals surface area contributed by atoms with Gasteiger partial charge in [-0.3, -0.25) is 4.98 Å². The van der Waals surface area contributed by atoms with Crippen LogP contribution in [0.2, 0.25) is 5.02 Å². The van der Waals surface area contributed by atoms with Crippen LogP contribution in [0.5, 0.6) is 5.75 Å². The van der Waals surface area contributed by atoms with Gasteiger partial charge in [-0.25, -0.2) is 13.4 Å². The molecule has 1 fully saturated rings. The molecule has 0 radical (unpaired) electrons. The Labute approximate surface area is 181 Å². The summed E-state index contributed by atoms with van der Waals surface area (Å²) in [7, 11) is -2.15. The van der Waals surface area contributed by atoms with Crippen LogP contribution in [0.1, 0.15) is 32.0 Å². The van der Waals surface area contributed by atoms with Gasteiger partial charge in [0.15, 0.2) is 0 Å². The number of hydrogen-bond acceptors (Lipinski definition) is 5. The van der Waals surface area contributed by atoms with Crippen molar-refractivity contribution in [3.05, 3.63) is 47.5 Å². The lowest BCUT2D eigenvalue weighted by Gasteiger charge is -2.18. The van der Waals surface area contributed by atoms with Crippen molar-refractivity contribution in [1.82, 2.24) is 18.8 Å². The quantitative estimate of drug-likeness (QED) is 0.571. The summed E-state index contributed by atoms with van der Waals surface area (Å²) in [6, 6.07) is 6.46. The predicted octanol–water partition coefficient (Wildman–Crippen LogP) is 3.93. The smallest absolute Gasteiger partial charge is 0.243 e. The summed E-state index contributed by atoms with van der Waals surface area (Å²) in [6.07, 6.45) is 4.28. The molecular formula is C21H25ClN4O3S. The van der Waals surface area contributed by atoms with E-state index in [1.54, 1.807) is 12.3 Å². The van der Waals surface area contributed by atoms with Crippen LogP contribution >= 0.6 is 11.6 Å². The minimum Gasteiger partial charge on any atom is -0.495 e. The molecular weight excluding hydrogens is 424 g/mol. The molecule has 3 aromatic rings. The Bertz CT molecular complexity index is 1180. The van der Waals surface area contributed by atoms with Crippen LogP contribution < -0.4 is 4.74 Å². The van der Waals surface area contributed by atoms with Crippen LogP contribution in [0.3, 0.4) is 0 Å². The summed E-state index contributed by atoms with van der Waals surface area (Å²) in [5.74, 6) is 1.84. The van der Waals surface area contributed by atoms with Gasteiger partial charge in [-0.1, -0.05) is 25.4 Å². The van der Waals surface area contributed by atoms with E-state index in [1.165, 1.54) is 23.5 Å². The number of pyridine rings is 1. The largest absolute Gasteiger partial charge is 0.495 e. The van der Waals surface area contributed by atoms with Crippen molar-refractivity contribution in [2.75, 3.05) is 20.2 Å². The Morgan fingerprint density at radius 1 is 1.30 bits per heavy atom. The number of rotatable bonds is 6. The maximum Gasteiger partial charge on any atom is 0.243 e. The van der Waals surface area contributed by atoms with Crippen LogP contribution in [0.4, 0.5) is 0 Å². The maximum absolute atomic E-state index is 13.2. The Hall–Kier alpha value is -2.16. The molecule has 1 atom stereocenters. The van der Waals surface area contributed by atoms with Crippen molar-refractivity contribution in [2.45, 2.75) is 37.6 Å². The number of benzene rings is 1. The number of imidazole rings is 1. The molecule has 7 nitrogen and oxygen atoms in total. The third-order valence-electron chi connectivity index (χ3n) is 5.40. The normalized spacial score (nSPS) is 17.8. The van der Waals surface area contributed by atoms with Crippen LogP contribution in [-0.4, -0.2) is 47.5 Å². The summed E-state index contributed by atoms with van der Waals surface area (Å²) in [5, 5.41) is 0.278. The molecule has 9 heteroatoms. The van der Waals surface area contributed by atoms with Gasteiger partial charge in [0.25, 0.3) is 0 Å². The fourth-order valence-corrected chi connectivity index (χ4v) is 5.82. The molecule has 30 heavy (non-hydrogen) atoms. The summed E-state index contributed by atoms with van der Waals surface area (Å²) in [4.78, 5) is 9.26. The monoisotopic (exact) mass is 448 g/mol. The molecule has 4 rings (SSSR count). The molecule has 0 aliphatic carbocycles. The molecule has 1 aliphatic rings. The number of nitrogens with zero attached hydrogens (tertiary/aromatic N) is 4. The van der Waals surface area contributed by atoms with Gasteiger partial charge in [-0.15, -0.1) is 0 Å². The van der Waals surface area contributed by atoms with Gasteiger partial charge in [-0.05, 0) is 36.6 Å². The standard InChI is InChI=1S/C21H25ClN4O3S/c1-14(2)12-26-19-11-23-8-6-18(19)24-21(26)15-7-9-25(13-15)30(27,28)16-4-5-20(29-3)17(22)10-16/h4-6,8,10-11,14-15H,7,9,12-13H2,1-3H3/t15-/m0/s1. The second kappa shape index (κ2) is 8.17. The first-order chi connectivity index (χ1) is 14.3. The highest BCUT2D eigenvalue weighted by Crippen LogP contribution is 2.34. The minimum atomic E-state index is -3.65. The lowest BCUT2D eigenvalue weighted by Crippen LogP contribution is -2.29. The first-order valence-electron chi connectivity index (χ1n) is 9.95. The second-order valence-corrected chi connectivity index (χ2v) is 10.3. The van der Waals surface area contributed by atoms with Gasteiger partial charge in [0.1, 0.15) is 11.6 Å². The van der Waals surface area contributed by atoms with Crippen LogP contribution in [0, 0.1) is 5.92 Å². The van der Waals surface area contributed by atoms with Gasteiger partial charge in [0.05, 0.1) is 34.3 Å². The third kappa shape index (κ3) is 3.79. The van der Waals surface area contributed by atoms with E-state index in [-0.39, 0.29) is 15.8 Å². The first-order valence-corrected chi connectivity index (χ1v) is 11.8. The topological polar surface area (TPSA) is 77.3 Å². The van der Waals surface area contributed by atoms with Crippen LogP contribution in [0.25, 0.3) is 11.0 Å². The summed E-state index contributed by atoms with van der Waals surface area (Å²) in [5.41, 5.74) is 1.88. The molecule has 160 valence electrons. The Kier molecular flexibility index (Phi) is 5.74. The predicted molar refractivity (Wildman–Crippen MR) is 116 cm³/mol. The number of aromatic nitrogens is 3. The second-order valence-electron chi connectivity index (χ2n) is 7.98. The van der Waals surface area contributed by atoms with Gasteiger partial charge >= 0.3 is 0 Å². The van der Waals surface area contributed by atoms with Crippen molar-refractivity contribution in [3.8, 4) is 5.75 Å². The zero-order valence-electron chi connectivity index (χ0n) is 17.2. The van der Waals surface area contributed by atoms with Gasteiger partial charge in [0.2, 0.25) is 10.0 Å². The molecule has 1 aromatic carbocycles. The highest BCUT2D eigenvalue weighted by molar-refractivity contribution is 7.89. The maximum atomic E-state index is 13.2. The van der Waals surface area contributed by atoms with Crippen molar-refractivity contribution in [3.63, 3.8) is 0 Å². The van der Waals surface area contributed by atoms with Gasteiger partial charge in [-0.2, -0.15) is 4.31 Å². The van der Waals surface area contributed by atoms with E-state index in [1.807, 2.05) is 12.3 Å². The van der Waals surface area contributed by atoms with E-state index in [0.717, 1.165) is 29.8 Å². The molecule has 0 bridgehead atoms. The Balaban J connectivity index is 1.64. The van der Waals surface area contributed by atoms with Crippen LogP contribution in [-0.2, 0) is 16.6 Å². The molecule has 0 N–H and O–H groups in total. The van der Waals surface area contributed by atoms with Crippen molar-refractivity contribution < 1.29 is 13.2 Å². The molecule has 0 amide bonds. The Morgan fingerprint density at radius 3 is 2.80 bits per heavy atom. The number of halogens is 1. The summed E-state index contributed by atoms with van der Waals surface area (Å²) in [6.45, 7) is 5.96. The lowest BCUT2D eigenvalue weighted by molar-refractivity contribution is 0.414. The first kappa shape index (κ1) is 21.1. The lowest BCUT2D eigenvalue weighted by atomic mass is 10.1. The minimum absolute atomic E-state index is 0.0274. The van der Waals surface area contributed by atoms with Crippen molar-refractivity contribution in [1.29, 1.82) is 0 Å². The highest BCUT2D eigenvalue weighted by atomic mass is 35.5. The number of fused-ring (bicyclic) bond motifs is 1. The molecule has 1 aliphatic heterocycles. The van der Waals surface area contributed by atoms with Gasteiger partial charge in [0, 0.05) is 31.7 Å². The fraction of sp³-hybridized carbons (Fsp3) is 0.429. The van der Waals surface area contributed by atoms with E-state index in [4.69, 9.17) is 21.3 Å². The van der Waals surface area contributed by atoms with E-state index >= 15 is 0 Å². The van der Waals surface area contributed by atoms with Crippen molar-refractivity contribution >= 4 is 32.7 Å². The van der Waals surface area contributed by atoms with Gasteiger partial charge < -0.3 is 9.30 Å². The van der Waals surface area contributed by atoms with E-state index in [0.29, 0.717) is 24.8 Å². The fourth-order valence-electron chi connectivity index (χ4n) is 3.97.